The number of hydrogen-bond donors (Lipinski definition) is 2. The van der Waals surface area contributed by atoms with E-state index >= 15 is 0 Å². The van der Waals surface area contributed by atoms with Gasteiger partial charge in [-0.2, -0.15) is 5.10 Å². The summed E-state index contributed by atoms with van der Waals surface area (Å²) in [5.74, 6) is -1.06. The summed E-state index contributed by atoms with van der Waals surface area (Å²) in [6.07, 6.45) is 2.61. The van der Waals surface area contributed by atoms with Crippen LogP contribution in [0.3, 0.4) is 0 Å². The summed E-state index contributed by atoms with van der Waals surface area (Å²) in [5.41, 5.74) is 0.0481. The SMILES string of the molecule is O=C(O)c1cnc(Sc2ncn[nH]2)c(Cl)c1. The number of pyridine rings is 1. The number of carbonyl (C=O) groups is 1. The van der Waals surface area contributed by atoms with Gasteiger partial charge in [-0.25, -0.2) is 14.8 Å². The first kappa shape index (κ1) is 10.9. The molecule has 2 heterocycles. The van der Waals surface area contributed by atoms with Gasteiger partial charge < -0.3 is 5.11 Å². The maximum absolute atomic E-state index is 10.6. The lowest BCUT2D eigenvalue weighted by molar-refractivity contribution is 0.0696. The maximum Gasteiger partial charge on any atom is 0.337 e. The third kappa shape index (κ3) is 2.31. The average Bonchev–Trinajstić information content (AvgIpc) is 2.73. The molecule has 0 aromatic carbocycles. The monoisotopic (exact) mass is 256 g/mol. The zero-order valence-electron chi connectivity index (χ0n) is 7.72. The van der Waals surface area contributed by atoms with Crippen LogP contribution in [-0.4, -0.2) is 31.2 Å². The highest BCUT2D eigenvalue weighted by atomic mass is 35.5. The molecule has 0 saturated carbocycles. The fourth-order valence-electron chi connectivity index (χ4n) is 0.952. The number of hydrogen-bond acceptors (Lipinski definition) is 5. The molecule has 0 atom stereocenters. The summed E-state index contributed by atoms with van der Waals surface area (Å²) < 4.78 is 0. The minimum Gasteiger partial charge on any atom is -0.478 e. The standard InChI is InChI=1S/C8H5ClN4O2S/c9-5-1-4(7(14)15)2-10-6(5)16-8-11-3-12-13-8/h1-3H,(H,14,15)(H,11,12,13). The Kier molecular flexibility index (Phi) is 3.07. The Morgan fingerprint density at radius 2 is 2.31 bits per heavy atom. The van der Waals surface area contributed by atoms with Crippen LogP contribution in [0.4, 0.5) is 0 Å². The largest absolute Gasteiger partial charge is 0.478 e. The molecule has 0 aliphatic carbocycles. The number of H-pyrrole nitrogens is 1. The van der Waals surface area contributed by atoms with Crippen LogP contribution >= 0.6 is 23.4 Å². The van der Waals surface area contributed by atoms with Crippen molar-refractivity contribution in [3.63, 3.8) is 0 Å². The summed E-state index contributed by atoms with van der Waals surface area (Å²) in [7, 11) is 0. The van der Waals surface area contributed by atoms with E-state index in [1.807, 2.05) is 0 Å². The van der Waals surface area contributed by atoms with Crippen LogP contribution in [0.25, 0.3) is 0 Å². The van der Waals surface area contributed by atoms with Crippen molar-refractivity contribution in [1.29, 1.82) is 0 Å². The van der Waals surface area contributed by atoms with Crippen molar-refractivity contribution < 1.29 is 9.90 Å². The van der Waals surface area contributed by atoms with Gasteiger partial charge in [0, 0.05) is 6.20 Å². The maximum atomic E-state index is 10.6. The van der Waals surface area contributed by atoms with E-state index in [2.05, 4.69) is 20.2 Å². The zero-order chi connectivity index (χ0) is 11.5. The Morgan fingerprint density at radius 1 is 1.50 bits per heavy atom. The fourth-order valence-corrected chi connectivity index (χ4v) is 1.88. The van der Waals surface area contributed by atoms with Crippen LogP contribution in [-0.2, 0) is 0 Å². The first-order chi connectivity index (χ1) is 7.66. The topological polar surface area (TPSA) is 91.8 Å². The highest BCUT2D eigenvalue weighted by molar-refractivity contribution is 7.99. The number of carboxylic acids is 1. The highest BCUT2D eigenvalue weighted by Gasteiger charge is 2.10. The molecule has 6 nitrogen and oxygen atoms in total. The summed E-state index contributed by atoms with van der Waals surface area (Å²) in [6.45, 7) is 0. The van der Waals surface area contributed by atoms with E-state index in [9.17, 15) is 4.79 Å². The normalized spacial score (nSPS) is 10.3. The molecule has 2 aromatic rings. The smallest absolute Gasteiger partial charge is 0.337 e. The van der Waals surface area contributed by atoms with Crippen molar-refractivity contribution >= 4 is 29.3 Å². The van der Waals surface area contributed by atoms with Crippen LogP contribution in [0.5, 0.6) is 0 Å². The number of carboxylic acid groups (broad SMARTS) is 1. The third-order valence-electron chi connectivity index (χ3n) is 1.64. The van der Waals surface area contributed by atoms with Crippen LogP contribution < -0.4 is 0 Å². The molecular weight excluding hydrogens is 252 g/mol. The van der Waals surface area contributed by atoms with Crippen LogP contribution in [0.1, 0.15) is 10.4 Å². The van der Waals surface area contributed by atoms with Crippen molar-refractivity contribution in [3.05, 3.63) is 29.2 Å². The second-order valence-corrected chi connectivity index (χ2v) is 4.09. The van der Waals surface area contributed by atoms with E-state index in [1.54, 1.807) is 0 Å². The van der Waals surface area contributed by atoms with Crippen molar-refractivity contribution in [2.45, 2.75) is 10.2 Å². The second-order valence-electron chi connectivity index (χ2n) is 2.71. The Bertz CT molecular complexity index is 517. The number of aromatic amines is 1. The van der Waals surface area contributed by atoms with Crippen molar-refractivity contribution in [3.8, 4) is 0 Å². The van der Waals surface area contributed by atoms with Gasteiger partial charge in [0.05, 0.1) is 10.6 Å². The number of aromatic nitrogens is 4. The second kappa shape index (κ2) is 4.50. The molecule has 82 valence electrons. The lowest BCUT2D eigenvalue weighted by Crippen LogP contribution is -1.97. The Morgan fingerprint density at radius 3 is 2.88 bits per heavy atom. The Hall–Kier alpha value is -1.60. The lowest BCUT2D eigenvalue weighted by atomic mass is 10.3. The summed E-state index contributed by atoms with van der Waals surface area (Å²) in [5, 5.41) is 16.3. The first-order valence-electron chi connectivity index (χ1n) is 4.09. The highest BCUT2D eigenvalue weighted by Crippen LogP contribution is 2.29. The first-order valence-corrected chi connectivity index (χ1v) is 5.28. The van der Waals surface area contributed by atoms with Gasteiger partial charge in [0.15, 0.2) is 5.16 Å². The molecule has 16 heavy (non-hydrogen) atoms. The number of nitrogens with zero attached hydrogens (tertiary/aromatic N) is 3. The Balaban J connectivity index is 2.26. The predicted octanol–water partition coefficient (Wildman–Crippen LogP) is 1.70. The van der Waals surface area contributed by atoms with Gasteiger partial charge in [-0.05, 0) is 17.8 Å². The van der Waals surface area contributed by atoms with Crippen molar-refractivity contribution in [2.75, 3.05) is 0 Å². The van der Waals surface area contributed by atoms with Gasteiger partial charge in [-0.15, -0.1) is 0 Å². The molecule has 8 heteroatoms. The van der Waals surface area contributed by atoms with Gasteiger partial charge >= 0.3 is 5.97 Å². The number of halogens is 1. The van der Waals surface area contributed by atoms with E-state index in [0.29, 0.717) is 10.2 Å². The molecular formula is C8H5ClN4O2S. The van der Waals surface area contributed by atoms with E-state index in [-0.39, 0.29) is 10.6 Å². The van der Waals surface area contributed by atoms with Gasteiger partial charge in [-0.1, -0.05) is 11.6 Å². The van der Waals surface area contributed by atoms with Crippen molar-refractivity contribution in [2.24, 2.45) is 0 Å². The van der Waals surface area contributed by atoms with Crippen LogP contribution in [0, 0.1) is 0 Å². The molecule has 0 fully saturated rings. The van der Waals surface area contributed by atoms with Gasteiger partial charge in [0.2, 0.25) is 0 Å². The minimum absolute atomic E-state index is 0.0481. The molecule has 2 N–H and O–H groups in total. The average molecular weight is 257 g/mol. The van der Waals surface area contributed by atoms with E-state index in [4.69, 9.17) is 16.7 Å². The van der Waals surface area contributed by atoms with E-state index in [0.717, 1.165) is 0 Å². The molecule has 0 spiro atoms. The summed E-state index contributed by atoms with van der Waals surface area (Å²) in [4.78, 5) is 18.5. The lowest BCUT2D eigenvalue weighted by Gasteiger charge is -2.01. The molecule has 0 aliphatic heterocycles. The van der Waals surface area contributed by atoms with Gasteiger partial charge in [0.25, 0.3) is 0 Å². The molecule has 0 aliphatic rings. The number of nitrogens with one attached hydrogen (secondary N) is 1. The molecule has 2 rings (SSSR count). The molecule has 0 radical (unpaired) electrons. The molecule has 0 bridgehead atoms. The van der Waals surface area contributed by atoms with Crippen LogP contribution in [0.15, 0.2) is 28.8 Å². The van der Waals surface area contributed by atoms with Gasteiger partial charge in [0.1, 0.15) is 11.4 Å². The molecule has 0 unspecified atom stereocenters. The summed E-state index contributed by atoms with van der Waals surface area (Å²) >= 11 is 7.06. The zero-order valence-corrected chi connectivity index (χ0v) is 9.29. The van der Waals surface area contributed by atoms with Crippen LogP contribution in [0.2, 0.25) is 5.02 Å². The Labute approximate surface area is 99.1 Å². The third-order valence-corrected chi connectivity index (χ3v) is 2.95. The predicted molar refractivity (Wildman–Crippen MR) is 56.7 cm³/mol. The van der Waals surface area contributed by atoms with Crippen molar-refractivity contribution in [1.82, 2.24) is 20.2 Å². The van der Waals surface area contributed by atoms with E-state index < -0.39 is 5.97 Å². The number of aromatic carboxylic acids is 1. The van der Waals surface area contributed by atoms with E-state index in [1.165, 1.54) is 30.4 Å². The summed E-state index contributed by atoms with van der Waals surface area (Å²) in [6, 6.07) is 1.34. The quantitative estimate of drug-likeness (QED) is 0.868. The molecule has 0 amide bonds. The molecule has 2 aromatic heterocycles. The van der Waals surface area contributed by atoms with Gasteiger partial charge in [-0.3, -0.25) is 5.10 Å². The molecule has 0 saturated heterocycles. The minimum atomic E-state index is -1.06. The fraction of sp³-hybridized carbons (Fsp3) is 0. The number of rotatable bonds is 3.